The van der Waals surface area contributed by atoms with Crippen molar-refractivity contribution in [1.29, 1.82) is 0 Å². The van der Waals surface area contributed by atoms with E-state index < -0.39 is 5.97 Å². The van der Waals surface area contributed by atoms with Crippen LogP contribution in [0, 0.1) is 0 Å². The molecule has 0 fully saturated rings. The summed E-state index contributed by atoms with van der Waals surface area (Å²) in [6, 6.07) is 15.3. The molecule has 1 aromatic heterocycles. The van der Waals surface area contributed by atoms with Crippen molar-refractivity contribution in [3.05, 3.63) is 76.3 Å². The first-order valence-electron chi connectivity index (χ1n) is 8.20. The van der Waals surface area contributed by atoms with Crippen LogP contribution in [0.2, 0.25) is 5.02 Å². The average molecular weight is 367 g/mol. The van der Waals surface area contributed by atoms with E-state index in [1.807, 2.05) is 42.5 Å². The summed E-state index contributed by atoms with van der Waals surface area (Å²) in [6.45, 7) is 2.31. The molecule has 0 radical (unpaired) electrons. The Kier molecular flexibility index (Phi) is 4.26. The second-order valence-electron chi connectivity index (χ2n) is 5.69. The number of halogens is 1. The van der Waals surface area contributed by atoms with Gasteiger partial charge in [-0.3, -0.25) is 9.56 Å². The Morgan fingerprint density at radius 3 is 2.77 bits per heavy atom. The van der Waals surface area contributed by atoms with Gasteiger partial charge in [0.05, 0.1) is 18.0 Å². The molecule has 0 N–H and O–H groups in total. The molecule has 4 rings (SSSR count). The van der Waals surface area contributed by atoms with E-state index in [-0.39, 0.29) is 12.4 Å². The summed E-state index contributed by atoms with van der Waals surface area (Å²) in [5.74, 6) is 0.188. The van der Waals surface area contributed by atoms with Gasteiger partial charge in [0, 0.05) is 16.1 Å². The van der Waals surface area contributed by atoms with E-state index in [0.29, 0.717) is 17.4 Å². The average Bonchev–Trinajstić information content (AvgIpc) is 3.00. The van der Waals surface area contributed by atoms with Crippen molar-refractivity contribution in [2.24, 2.45) is 4.99 Å². The maximum Gasteiger partial charge on any atom is 0.376 e. The highest BCUT2D eigenvalue weighted by atomic mass is 35.5. The van der Waals surface area contributed by atoms with Gasteiger partial charge in [0.25, 0.3) is 0 Å². The zero-order valence-corrected chi connectivity index (χ0v) is 14.8. The van der Waals surface area contributed by atoms with E-state index in [1.165, 1.54) is 0 Å². The number of carbonyl (C=O) groups is 1. The molecular formula is C19H15ClN4O2. The highest BCUT2D eigenvalue weighted by Gasteiger charge is 2.26. The van der Waals surface area contributed by atoms with Gasteiger partial charge in [0.2, 0.25) is 5.82 Å². The van der Waals surface area contributed by atoms with Gasteiger partial charge >= 0.3 is 5.97 Å². The van der Waals surface area contributed by atoms with Gasteiger partial charge in [-0.05, 0) is 25.1 Å². The maximum absolute atomic E-state index is 12.3. The predicted octanol–water partition coefficient (Wildman–Crippen LogP) is 3.45. The molecule has 0 aliphatic carbocycles. The lowest BCUT2D eigenvalue weighted by atomic mass is 10.0. The zero-order valence-electron chi connectivity index (χ0n) is 14.0. The van der Waals surface area contributed by atoms with Crippen molar-refractivity contribution in [3.8, 4) is 5.69 Å². The molecule has 1 aliphatic heterocycles. The van der Waals surface area contributed by atoms with E-state index >= 15 is 0 Å². The number of benzene rings is 2. The Morgan fingerprint density at radius 1 is 1.19 bits per heavy atom. The van der Waals surface area contributed by atoms with Gasteiger partial charge in [-0.25, -0.2) is 4.79 Å². The number of nitrogens with zero attached hydrogens (tertiary/aromatic N) is 4. The van der Waals surface area contributed by atoms with Crippen molar-refractivity contribution in [3.63, 3.8) is 0 Å². The molecule has 0 saturated carbocycles. The Bertz CT molecular complexity index is 1010. The topological polar surface area (TPSA) is 69.4 Å². The quantitative estimate of drug-likeness (QED) is 0.666. The van der Waals surface area contributed by atoms with Gasteiger partial charge in [0.15, 0.2) is 5.82 Å². The zero-order chi connectivity index (χ0) is 18.1. The Hall–Kier alpha value is -2.99. The number of rotatable bonds is 3. The molecule has 7 heteroatoms. The third kappa shape index (κ3) is 2.78. The third-order valence-corrected chi connectivity index (χ3v) is 4.30. The summed E-state index contributed by atoms with van der Waals surface area (Å²) >= 11 is 6.25. The summed E-state index contributed by atoms with van der Waals surface area (Å²) in [7, 11) is 0. The second kappa shape index (κ2) is 6.72. The van der Waals surface area contributed by atoms with Crippen molar-refractivity contribution < 1.29 is 9.53 Å². The number of carbonyl (C=O) groups excluding carboxylic acids is 1. The molecule has 1 aliphatic rings. The van der Waals surface area contributed by atoms with Crippen molar-refractivity contribution in [2.45, 2.75) is 13.5 Å². The van der Waals surface area contributed by atoms with E-state index in [9.17, 15) is 4.79 Å². The SMILES string of the molecule is CCOC(=O)c1nnc2n1-c1ccc(Cl)cc1C(c1ccccc1)=NC2. The van der Waals surface area contributed by atoms with Crippen molar-refractivity contribution in [2.75, 3.05) is 6.61 Å². The molecule has 0 saturated heterocycles. The number of hydrogen-bond acceptors (Lipinski definition) is 5. The van der Waals surface area contributed by atoms with Crippen LogP contribution in [0.5, 0.6) is 0 Å². The van der Waals surface area contributed by atoms with Gasteiger partial charge < -0.3 is 4.74 Å². The smallest absolute Gasteiger partial charge is 0.376 e. The Balaban J connectivity index is 1.94. The molecule has 3 aromatic rings. The number of aliphatic imine (C=N–C) groups is 1. The third-order valence-electron chi connectivity index (χ3n) is 4.07. The number of hydrogen-bond donors (Lipinski definition) is 0. The van der Waals surface area contributed by atoms with Gasteiger partial charge in [-0.15, -0.1) is 10.2 Å². The lowest BCUT2D eigenvalue weighted by Crippen LogP contribution is -2.15. The van der Waals surface area contributed by atoms with Crippen LogP contribution in [-0.2, 0) is 11.3 Å². The molecule has 2 aromatic carbocycles. The molecule has 0 bridgehead atoms. The summed E-state index contributed by atoms with van der Waals surface area (Å²) in [5.41, 5.74) is 3.32. The minimum atomic E-state index is -0.518. The van der Waals surface area contributed by atoms with Crippen LogP contribution in [0.25, 0.3) is 5.69 Å². The summed E-state index contributed by atoms with van der Waals surface area (Å²) in [4.78, 5) is 17.0. The normalized spacial score (nSPS) is 12.6. The Labute approximate surface area is 155 Å². The number of ether oxygens (including phenoxy) is 1. The number of esters is 1. The highest BCUT2D eigenvalue weighted by molar-refractivity contribution is 6.31. The molecular weight excluding hydrogens is 352 g/mol. The van der Waals surface area contributed by atoms with Crippen LogP contribution in [0.4, 0.5) is 0 Å². The van der Waals surface area contributed by atoms with Crippen molar-refractivity contribution >= 4 is 23.3 Å². The van der Waals surface area contributed by atoms with E-state index in [0.717, 1.165) is 22.5 Å². The van der Waals surface area contributed by atoms with E-state index in [1.54, 1.807) is 17.6 Å². The molecule has 0 atom stereocenters. The number of aromatic nitrogens is 3. The minimum absolute atomic E-state index is 0.134. The number of fused-ring (bicyclic) bond motifs is 3. The maximum atomic E-state index is 12.3. The van der Waals surface area contributed by atoms with Gasteiger partial charge in [-0.2, -0.15) is 0 Å². The fourth-order valence-electron chi connectivity index (χ4n) is 2.97. The van der Waals surface area contributed by atoms with Crippen LogP contribution in [0.3, 0.4) is 0 Å². The first kappa shape index (κ1) is 16.5. The van der Waals surface area contributed by atoms with Gasteiger partial charge in [0.1, 0.15) is 6.54 Å². The van der Waals surface area contributed by atoms with Crippen LogP contribution in [-0.4, -0.2) is 33.1 Å². The summed E-state index contributed by atoms with van der Waals surface area (Å²) in [5, 5.41) is 8.74. The molecule has 0 unspecified atom stereocenters. The van der Waals surface area contributed by atoms with E-state index in [4.69, 9.17) is 21.3 Å². The predicted molar refractivity (Wildman–Crippen MR) is 98.1 cm³/mol. The summed E-state index contributed by atoms with van der Waals surface area (Å²) < 4.78 is 6.82. The fraction of sp³-hybridized carbons (Fsp3) is 0.158. The first-order valence-corrected chi connectivity index (χ1v) is 8.58. The molecule has 2 heterocycles. The monoisotopic (exact) mass is 366 g/mol. The largest absolute Gasteiger partial charge is 0.460 e. The molecule has 130 valence electrons. The highest BCUT2D eigenvalue weighted by Crippen LogP contribution is 2.28. The molecule has 0 spiro atoms. The lowest BCUT2D eigenvalue weighted by Gasteiger charge is -2.13. The first-order chi connectivity index (χ1) is 12.7. The standard InChI is InChI=1S/C19H15ClN4O2/c1-2-26-19(25)18-23-22-16-11-21-17(12-6-4-3-5-7-12)14-10-13(20)8-9-15(14)24(16)18/h3-10H,2,11H2,1H3. The van der Waals surface area contributed by atoms with Crippen molar-refractivity contribution in [1.82, 2.24) is 14.8 Å². The van der Waals surface area contributed by atoms with Crippen LogP contribution >= 0.6 is 11.6 Å². The van der Waals surface area contributed by atoms with E-state index in [2.05, 4.69) is 10.2 Å². The van der Waals surface area contributed by atoms with Crippen LogP contribution in [0.15, 0.2) is 53.5 Å². The van der Waals surface area contributed by atoms with Gasteiger partial charge in [-0.1, -0.05) is 41.9 Å². The lowest BCUT2D eigenvalue weighted by molar-refractivity contribution is 0.0509. The molecule has 6 nitrogen and oxygen atoms in total. The minimum Gasteiger partial charge on any atom is -0.460 e. The fourth-order valence-corrected chi connectivity index (χ4v) is 3.14. The second-order valence-corrected chi connectivity index (χ2v) is 6.12. The van der Waals surface area contributed by atoms with Crippen LogP contribution in [0.1, 0.15) is 34.5 Å². The molecule has 26 heavy (non-hydrogen) atoms. The van der Waals surface area contributed by atoms with Crippen LogP contribution < -0.4 is 0 Å². The molecule has 0 amide bonds. The Morgan fingerprint density at radius 2 is 2.00 bits per heavy atom. The summed E-state index contributed by atoms with van der Waals surface area (Å²) in [6.07, 6.45) is 0.